The van der Waals surface area contributed by atoms with Gasteiger partial charge in [0.15, 0.2) is 0 Å². The molecule has 5 nitrogen and oxygen atoms in total. The van der Waals surface area contributed by atoms with Crippen molar-refractivity contribution in [2.75, 3.05) is 20.7 Å². The molecule has 0 fully saturated rings. The Labute approximate surface area is 106 Å². The van der Waals surface area contributed by atoms with Crippen molar-refractivity contribution in [1.29, 1.82) is 0 Å². The number of hydrogen-bond acceptors (Lipinski definition) is 5. The van der Waals surface area contributed by atoms with E-state index in [1.807, 2.05) is 0 Å². The van der Waals surface area contributed by atoms with Gasteiger partial charge in [-0.15, -0.1) is 0 Å². The van der Waals surface area contributed by atoms with E-state index in [9.17, 15) is 15.0 Å². The van der Waals surface area contributed by atoms with E-state index in [0.717, 1.165) is 0 Å². The second kappa shape index (κ2) is 7.10. The van der Waals surface area contributed by atoms with Crippen LogP contribution in [0, 0.1) is 0 Å². The first-order chi connectivity index (χ1) is 8.63. The van der Waals surface area contributed by atoms with Crippen molar-refractivity contribution in [3.8, 4) is 5.75 Å². The first kappa shape index (κ1) is 14.6. The van der Waals surface area contributed by atoms with Gasteiger partial charge in [0.05, 0.1) is 13.2 Å². The lowest BCUT2D eigenvalue weighted by atomic mass is 9.97. The van der Waals surface area contributed by atoms with Gasteiger partial charge < -0.3 is 20.3 Å². The van der Waals surface area contributed by atoms with Crippen LogP contribution in [0.3, 0.4) is 0 Å². The maximum absolute atomic E-state index is 10.9. The zero-order valence-electron chi connectivity index (χ0n) is 10.6. The van der Waals surface area contributed by atoms with E-state index < -0.39 is 12.2 Å². The third-order valence-electron chi connectivity index (χ3n) is 2.79. The lowest BCUT2D eigenvalue weighted by molar-refractivity contribution is 0.0136. The fourth-order valence-corrected chi connectivity index (χ4v) is 1.70. The average molecular weight is 253 g/mol. The topological polar surface area (TPSA) is 78.8 Å². The summed E-state index contributed by atoms with van der Waals surface area (Å²) >= 11 is 0. The van der Waals surface area contributed by atoms with Crippen LogP contribution in [0.2, 0.25) is 0 Å². The minimum atomic E-state index is -1.10. The van der Waals surface area contributed by atoms with Crippen LogP contribution in [0.25, 0.3) is 0 Å². The first-order valence-corrected chi connectivity index (χ1v) is 5.77. The minimum absolute atomic E-state index is 0.354. The van der Waals surface area contributed by atoms with Crippen molar-refractivity contribution >= 4 is 6.29 Å². The van der Waals surface area contributed by atoms with Crippen LogP contribution in [-0.2, 0) is 0 Å². The van der Waals surface area contributed by atoms with Crippen molar-refractivity contribution in [3.05, 3.63) is 29.3 Å². The van der Waals surface area contributed by atoms with E-state index in [0.29, 0.717) is 36.1 Å². The molecule has 0 aliphatic heterocycles. The standard InChI is InChI=1S/C13H19NO4/c1-14-6-5-12(16)13(17)11-7-10(18-2)4-3-9(11)8-15/h3-4,7-8,12-14,16-17H,5-6H2,1-2H3. The van der Waals surface area contributed by atoms with E-state index in [-0.39, 0.29) is 0 Å². The highest BCUT2D eigenvalue weighted by Gasteiger charge is 2.21. The lowest BCUT2D eigenvalue weighted by Crippen LogP contribution is -2.24. The molecule has 0 aliphatic rings. The number of aliphatic hydroxyl groups excluding tert-OH is 2. The summed E-state index contributed by atoms with van der Waals surface area (Å²) in [6, 6.07) is 4.77. The number of aldehydes is 1. The maximum Gasteiger partial charge on any atom is 0.150 e. The molecule has 2 unspecified atom stereocenters. The van der Waals surface area contributed by atoms with Crippen LogP contribution >= 0.6 is 0 Å². The molecule has 100 valence electrons. The Morgan fingerprint density at radius 3 is 2.72 bits per heavy atom. The Hall–Kier alpha value is -1.43. The Balaban J connectivity index is 2.94. The zero-order valence-corrected chi connectivity index (χ0v) is 10.6. The Morgan fingerprint density at radius 1 is 1.44 bits per heavy atom. The molecule has 0 spiro atoms. The van der Waals surface area contributed by atoms with Crippen molar-refractivity contribution in [1.82, 2.24) is 5.32 Å². The van der Waals surface area contributed by atoms with Gasteiger partial charge in [-0.25, -0.2) is 0 Å². The second-order valence-electron chi connectivity index (χ2n) is 4.02. The molecule has 0 saturated heterocycles. The van der Waals surface area contributed by atoms with Gasteiger partial charge in [-0.05, 0) is 43.8 Å². The normalized spacial score (nSPS) is 14.0. The fourth-order valence-electron chi connectivity index (χ4n) is 1.70. The first-order valence-electron chi connectivity index (χ1n) is 5.77. The monoisotopic (exact) mass is 253 g/mol. The van der Waals surface area contributed by atoms with Crippen LogP contribution < -0.4 is 10.1 Å². The number of benzene rings is 1. The quantitative estimate of drug-likeness (QED) is 0.617. The summed E-state index contributed by atoms with van der Waals surface area (Å²) in [6.45, 7) is 0.582. The highest BCUT2D eigenvalue weighted by Crippen LogP contribution is 2.26. The summed E-state index contributed by atoms with van der Waals surface area (Å²) in [6.07, 6.45) is -0.979. The molecule has 18 heavy (non-hydrogen) atoms. The molecule has 3 N–H and O–H groups in total. The molecule has 0 bridgehead atoms. The number of methoxy groups -OCH3 is 1. The molecular formula is C13H19NO4. The molecule has 2 atom stereocenters. The second-order valence-corrected chi connectivity index (χ2v) is 4.02. The Kier molecular flexibility index (Phi) is 5.77. The molecule has 0 aliphatic carbocycles. The summed E-state index contributed by atoms with van der Waals surface area (Å²) in [5.74, 6) is 0.537. The van der Waals surface area contributed by atoms with Gasteiger partial charge in [0.1, 0.15) is 18.1 Å². The number of hydrogen-bond donors (Lipinski definition) is 3. The Bertz CT molecular complexity index is 395. The number of nitrogens with one attached hydrogen (secondary N) is 1. The Morgan fingerprint density at radius 2 is 2.17 bits per heavy atom. The van der Waals surface area contributed by atoms with Crippen molar-refractivity contribution in [2.45, 2.75) is 18.6 Å². The van der Waals surface area contributed by atoms with Crippen LogP contribution in [0.4, 0.5) is 0 Å². The summed E-state index contributed by atoms with van der Waals surface area (Å²) in [4.78, 5) is 10.9. The van der Waals surface area contributed by atoms with Gasteiger partial charge in [0.2, 0.25) is 0 Å². The molecular weight excluding hydrogens is 234 g/mol. The van der Waals surface area contributed by atoms with Gasteiger partial charge >= 0.3 is 0 Å². The third-order valence-corrected chi connectivity index (χ3v) is 2.79. The maximum atomic E-state index is 10.9. The molecule has 0 heterocycles. The zero-order chi connectivity index (χ0) is 13.5. The van der Waals surface area contributed by atoms with Gasteiger partial charge in [-0.2, -0.15) is 0 Å². The van der Waals surface area contributed by atoms with Crippen molar-refractivity contribution in [3.63, 3.8) is 0 Å². The lowest BCUT2D eigenvalue weighted by Gasteiger charge is -2.20. The van der Waals surface area contributed by atoms with Crippen LogP contribution in [-0.4, -0.2) is 43.3 Å². The molecule has 0 radical (unpaired) electrons. The van der Waals surface area contributed by atoms with Gasteiger partial charge in [-0.3, -0.25) is 4.79 Å². The number of ether oxygens (including phenoxy) is 1. The summed E-state index contributed by atoms with van der Waals surface area (Å²) in [7, 11) is 3.27. The number of carbonyl (C=O) groups excluding carboxylic acids is 1. The van der Waals surface area contributed by atoms with E-state index in [1.54, 1.807) is 25.2 Å². The molecule has 0 saturated carbocycles. The van der Waals surface area contributed by atoms with Crippen LogP contribution in [0.1, 0.15) is 28.4 Å². The smallest absolute Gasteiger partial charge is 0.150 e. The molecule has 0 aromatic heterocycles. The third kappa shape index (κ3) is 3.53. The van der Waals surface area contributed by atoms with Crippen LogP contribution in [0.15, 0.2) is 18.2 Å². The van der Waals surface area contributed by atoms with Gasteiger partial charge in [0.25, 0.3) is 0 Å². The minimum Gasteiger partial charge on any atom is -0.497 e. The molecule has 1 rings (SSSR count). The SMILES string of the molecule is CNCCC(O)C(O)c1cc(OC)ccc1C=O. The van der Waals surface area contributed by atoms with E-state index in [4.69, 9.17) is 4.74 Å². The molecule has 1 aromatic rings. The van der Waals surface area contributed by atoms with E-state index >= 15 is 0 Å². The molecule has 0 amide bonds. The van der Waals surface area contributed by atoms with E-state index in [1.165, 1.54) is 7.11 Å². The largest absolute Gasteiger partial charge is 0.497 e. The van der Waals surface area contributed by atoms with Crippen molar-refractivity contribution < 1.29 is 19.7 Å². The number of carbonyl (C=O) groups is 1. The number of rotatable bonds is 7. The predicted molar refractivity (Wildman–Crippen MR) is 67.9 cm³/mol. The molecule has 1 aromatic carbocycles. The van der Waals surface area contributed by atoms with Crippen LogP contribution in [0.5, 0.6) is 5.75 Å². The molecule has 5 heteroatoms. The predicted octanol–water partition coefficient (Wildman–Crippen LogP) is 0.511. The highest BCUT2D eigenvalue weighted by molar-refractivity contribution is 5.78. The van der Waals surface area contributed by atoms with Crippen molar-refractivity contribution in [2.24, 2.45) is 0 Å². The average Bonchev–Trinajstić information content (AvgIpc) is 2.43. The number of aliphatic hydroxyl groups is 2. The summed E-state index contributed by atoms with van der Waals surface area (Å²) in [5.41, 5.74) is 0.736. The highest BCUT2D eigenvalue weighted by atomic mass is 16.5. The van der Waals surface area contributed by atoms with Gasteiger partial charge in [-0.1, -0.05) is 0 Å². The summed E-state index contributed by atoms with van der Waals surface area (Å²) < 4.78 is 5.04. The van der Waals surface area contributed by atoms with E-state index in [2.05, 4.69) is 5.32 Å². The van der Waals surface area contributed by atoms with Gasteiger partial charge in [0, 0.05) is 5.56 Å². The summed E-state index contributed by atoms with van der Waals surface area (Å²) in [5, 5.41) is 22.8. The fraction of sp³-hybridized carbons (Fsp3) is 0.462.